The van der Waals surface area contributed by atoms with Gasteiger partial charge in [-0.3, -0.25) is 14.4 Å². The Morgan fingerprint density at radius 1 is 0.345 bits per heavy atom. The van der Waals surface area contributed by atoms with Gasteiger partial charge in [0, 0.05) is 133 Å². The summed E-state index contributed by atoms with van der Waals surface area (Å²) < 4.78 is 27.1. The molecule has 5 heterocycles. The molecule has 16 nitrogen and oxygen atoms in total. The van der Waals surface area contributed by atoms with Crippen LogP contribution >= 0.6 is 107 Å². The van der Waals surface area contributed by atoms with E-state index in [2.05, 4.69) is 252 Å². The summed E-state index contributed by atoms with van der Waals surface area (Å²) in [6.45, 7) is 3.49. The van der Waals surface area contributed by atoms with Gasteiger partial charge >= 0.3 is 36.7 Å². The van der Waals surface area contributed by atoms with Gasteiger partial charge in [0.05, 0.1) is 22.8 Å². The Morgan fingerprint density at radius 2 is 0.628 bits per heavy atom. The molecule has 0 aliphatic heterocycles. The molecule has 0 saturated heterocycles. The molecule has 0 amide bonds. The number of halogens is 7. The van der Waals surface area contributed by atoms with E-state index < -0.39 is 7.12 Å². The second-order valence-electron chi connectivity index (χ2n) is 31.8. The Bertz CT molecular complexity index is 7890. The number of aromatic nitrogens is 4. The fraction of sp³-hybridized carbons (Fsp3) is 0.0333. The van der Waals surface area contributed by atoms with Gasteiger partial charge in [-0.15, -0.1) is 0 Å². The van der Waals surface area contributed by atoms with E-state index in [1.165, 1.54) is 0 Å². The molecule has 5 N–H and O–H groups in total. The third-order valence-electron chi connectivity index (χ3n) is 22.1. The van der Waals surface area contributed by atoms with Crippen LogP contribution in [-0.2, 0) is 0 Å². The number of aliphatic hydroxyl groups excluding tert-OH is 1. The van der Waals surface area contributed by atoms with Crippen molar-refractivity contribution in [3.8, 4) is 90.1 Å². The summed E-state index contributed by atoms with van der Waals surface area (Å²) >= 11 is 25.4. The molecule has 0 saturated carbocycles. The number of nitrogens with zero attached hydrogens (tertiary/aromatic N) is 5. The molecule has 22 rings (SSSR count). The SMILES string of the molecule is Brc1ccc(-c2cc(-c3ccc(Br)cc3)nc(-c3ccccc3)n2)cc1.CC(=O)c1ccc(Br)cc1.CCO.C[O-].NC(=NCl)c1ccccc1.O=C(/C=C/c1ccc(Br)cc1)c1ccc(Br)cc1.O=Cc1ccc(Br)cc1.OB(O)c1ccc2oc3ccccc3c2c1.[Na+].c1ccc(-c2nc(-c3ccc(-c4ccc5oc6ccccc6c5c4)cc3)cc(-c3ccc(-c4ccc5oc6ccccc6c5c4)cc3)n2)cc1. The molecule has 22 aromatic rings. The zero-order chi connectivity index (χ0) is 101. The van der Waals surface area contributed by atoms with Crippen molar-refractivity contribution in [1.29, 1.82) is 0 Å². The third kappa shape index (κ3) is 30.2. The van der Waals surface area contributed by atoms with Gasteiger partial charge in [0.25, 0.3) is 0 Å². The Morgan fingerprint density at radius 3 is 0.972 bits per heavy atom. The number of furan rings is 3. The number of carbonyl (C=O) groups excluding carboxylic acids is 3. The predicted molar refractivity (Wildman–Crippen MR) is 608 cm³/mol. The molecule has 145 heavy (non-hydrogen) atoms. The molecule has 0 aliphatic carbocycles. The fourth-order valence-corrected chi connectivity index (χ4v) is 16.6. The maximum atomic E-state index is 11.9. The van der Waals surface area contributed by atoms with Crippen LogP contribution in [0.25, 0.3) is 162 Å². The first kappa shape index (κ1) is 109. The monoisotopic (exact) mass is 2320 g/mol. The number of aliphatic hydroxyl groups is 1. The van der Waals surface area contributed by atoms with E-state index in [0.29, 0.717) is 28.2 Å². The molecule has 0 bridgehead atoms. The number of nitrogens with two attached hydrogens (primary N) is 1. The topological polar surface area (TPSA) is 264 Å². The summed E-state index contributed by atoms with van der Waals surface area (Å²) in [5, 5.41) is 40.4. The summed E-state index contributed by atoms with van der Waals surface area (Å²) in [5.74, 6) is 1.88. The van der Waals surface area contributed by atoms with Crippen LogP contribution in [0.2, 0.25) is 0 Å². The molecule has 0 aliphatic rings. The average molecular weight is 2320 g/mol. The van der Waals surface area contributed by atoms with Gasteiger partial charge in [-0.25, -0.2) is 19.9 Å². The average Bonchev–Trinajstić information content (AvgIpc) is 1.65. The minimum Gasteiger partial charge on any atom is -0.857 e. The molecule has 0 unspecified atom stereocenters. The summed E-state index contributed by atoms with van der Waals surface area (Å²) in [6, 6.07) is 139. The molecule has 0 fully saturated rings. The van der Waals surface area contributed by atoms with Crippen molar-refractivity contribution >= 4 is 216 Å². The second kappa shape index (κ2) is 54.5. The zero-order valence-electron chi connectivity index (χ0n) is 78.6. The Balaban J connectivity index is 0.000000156. The number of benzene rings is 17. The van der Waals surface area contributed by atoms with Crippen molar-refractivity contribution in [3.63, 3.8) is 0 Å². The van der Waals surface area contributed by atoms with Crippen LogP contribution in [-0.4, -0.2) is 79.6 Å². The molecular formula is C120H89BBr6ClN6NaO10. The molecular weight excluding hydrogens is 2230 g/mol. The number of hydrogen-bond acceptors (Lipinski definition) is 15. The van der Waals surface area contributed by atoms with E-state index in [1.54, 1.807) is 74.5 Å². The van der Waals surface area contributed by atoms with Crippen molar-refractivity contribution in [2.24, 2.45) is 10.2 Å². The van der Waals surface area contributed by atoms with Crippen molar-refractivity contribution in [3.05, 3.63) is 485 Å². The molecule has 5 aromatic heterocycles. The van der Waals surface area contributed by atoms with Gasteiger partial charge in [0.15, 0.2) is 23.2 Å². The number of para-hydroxylation sites is 3. The molecule has 0 atom stereocenters. The maximum absolute atomic E-state index is 11.9. The number of carbonyl (C=O) groups is 3. The van der Waals surface area contributed by atoms with Crippen LogP contribution in [0.3, 0.4) is 0 Å². The first-order chi connectivity index (χ1) is 70.1. The van der Waals surface area contributed by atoms with Crippen molar-refractivity contribution in [2.45, 2.75) is 13.8 Å². The summed E-state index contributed by atoms with van der Waals surface area (Å²) in [7, 11) is -0.696. The Labute approximate surface area is 916 Å². The minimum absolute atomic E-state index is 0. The minimum atomic E-state index is -1.45. The van der Waals surface area contributed by atoms with E-state index in [-0.39, 0.29) is 47.7 Å². The first-order valence-electron chi connectivity index (χ1n) is 45.1. The van der Waals surface area contributed by atoms with Gasteiger partial charge in [0.2, 0.25) is 0 Å². The molecule has 712 valence electrons. The maximum Gasteiger partial charge on any atom is 1.00 e. The van der Waals surface area contributed by atoms with Crippen molar-refractivity contribution < 1.29 is 77.5 Å². The van der Waals surface area contributed by atoms with Crippen LogP contribution in [0.15, 0.2) is 475 Å². The van der Waals surface area contributed by atoms with E-state index in [0.717, 1.165) is 207 Å². The number of rotatable bonds is 15. The van der Waals surface area contributed by atoms with Crippen LogP contribution < -0.4 is 45.9 Å². The third-order valence-corrected chi connectivity index (χ3v) is 25.5. The smallest absolute Gasteiger partial charge is 0.857 e. The molecule has 17 aromatic carbocycles. The fourth-order valence-electron chi connectivity index (χ4n) is 14.9. The number of allylic oxidation sites excluding steroid dienone is 1. The summed E-state index contributed by atoms with van der Waals surface area (Å²) in [4.78, 5) is 52.5. The van der Waals surface area contributed by atoms with Crippen molar-refractivity contribution in [2.75, 3.05) is 13.7 Å². The summed E-state index contributed by atoms with van der Waals surface area (Å²) in [6.07, 6.45) is 4.23. The normalized spacial score (nSPS) is 10.6. The van der Waals surface area contributed by atoms with Crippen LogP contribution in [0.5, 0.6) is 0 Å². The van der Waals surface area contributed by atoms with Crippen LogP contribution in [0.1, 0.15) is 56.0 Å². The number of hydrogen-bond donors (Lipinski definition) is 4. The van der Waals surface area contributed by atoms with Gasteiger partial charge in [-0.1, -0.05) is 381 Å². The summed E-state index contributed by atoms with van der Waals surface area (Å²) in [5.41, 5.74) is 29.3. The largest absolute Gasteiger partial charge is 1.00 e. The standard InChI is InChI=1S/C46H28N2O2.C22H14Br2N2.C15H10Br2O.C12H9BO3.C8H7BrO.C7H5BrO.C7H7ClN2.C2H6O.CH3O.Na/c1-2-8-33(9-3-1)46-47-40(31-18-14-29(15-19-31)34-22-24-44-38(26-34)36-10-4-6-12-42(36)49-44)28-41(48-46)32-20-16-30(17-21-32)35-23-25-45-39(27-35)37-11-5-7-13-43(37)50-45;23-18-10-6-15(7-11-18)20-14-21(16-8-12-19(24)13-9-16)26-22(25-20)17-4-2-1-3-5-17;16-13-6-1-11(2-7-13)3-10-15(18)12-4-8-14(17)9-5-12;14-13(15)8-5-6-12-10(7-8)9-3-1-2-4-11(9)16-12;1-6(10)7-2-4-8(9)5-3-7;8-7-3-1-6(5-9)2-4-7;8-10-7(9)6-4-2-1-3-5-6;1-2-3;1-2;/h1-28H;1-14H;1-10H;1-7,14-15H;2-5H,1H3;1-5H;1-5H,(H2,9,10);3H,2H2,1H3;1H3;/q;;;;;;;;-1;+1/b;;10-3+;;;;;;;. The van der Waals surface area contributed by atoms with E-state index in [1.807, 2.05) is 224 Å². The number of ketones is 2. The first-order valence-corrected chi connectivity index (χ1v) is 50.2. The van der Waals surface area contributed by atoms with Crippen molar-refractivity contribution in [1.82, 2.24) is 19.9 Å². The van der Waals surface area contributed by atoms with Gasteiger partial charge in [0.1, 0.15) is 45.6 Å². The molecule has 0 radical (unpaired) electrons. The van der Waals surface area contributed by atoms with Gasteiger partial charge in [-0.05, 0) is 199 Å². The van der Waals surface area contributed by atoms with E-state index in [9.17, 15) is 14.4 Å². The Kier molecular flexibility index (Phi) is 40.9. The quantitative estimate of drug-likeness (QED) is 0.0186. The number of fused-ring (bicyclic) bond motifs is 9. The zero-order valence-corrected chi connectivity index (χ0v) is 90.9. The second-order valence-corrected chi connectivity index (χ2v) is 37.5. The number of aldehydes is 1. The van der Waals surface area contributed by atoms with Crippen LogP contribution in [0.4, 0.5) is 0 Å². The Hall–Kier alpha value is -13.4. The van der Waals surface area contributed by atoms with E-state index >= 15 is 0 Å². The number of amidine groups is 1. The van der Waals surface area contributed by atoms with Crippen LogP contribution in [0, 0.1) is 0 Å². The van der Waals surface area contributed by atoms with Gasteiger partial charge in [-0.2, -0.15) is 11.6 Å². The molecule has 0 spiro atoms. The molecule has 25 heteroatoms. The predicted octanol–water partition coefficient (Wildman–Crippen LogP) is 28.4. The van der Waals surface area contributed by atoms with E-state index in [4.69, 9.17) is 71.0 Å². The van der Waals surface area contributed by atoms with Gasteiger partial charge < -0.3 is 39.2 Å². The number of Topliss-reactive ketones (excluding diaryl/α,β-unsaturated/α-hetero) is 1.